The Bertz CT molecular complexity index is 239. The number of anilines is 1. The van der Waals surface area contributed by atoms with Crippen LogP contribution in [0.5, 0.6) is 5.75 Å². The van der Waals surface area contributed by atoms with Crippen molar-refractivity contribution in [2.75, 3.05) is 5.73 Å². The summed E-state index contributed by atoms with van der Waals surface area (Å²) >= 11 is -0.380. The Morgan fingerprint density at radius 2 is 2.10 bits per heavy atom. The summed E-state index contributed by atoms with van der Waals surface area (Å²) in [5, 5.41) is 0. The van der Waals surface area contributed by atoms with Gasteiger partial charge in [-0.25, -0.2) is 4.21 Å². The molecule has 0 radical (unpaired) electrons. The average molecular weight is 157 g/mol. The molecule has 54 valence electrons. The normalized spacial score (nSPS) is 9.20. The van der Waals surface area contributed by atoms with Crippen LogP contribution in [0.3, 0.4) is 0 Å². The van der Waals surface area contributed by atoms with Crippen LogP contribution in [-0.2, 0) is 11.9 Å². The maximum absolute atomic E-state index is 9.95. The molecule has 1 aromatic rings. The molecule has 0 aromatic heterocycles. The van der Waals surface area contributed by atoms with Gasteiger partial charge in [0.05, 0.1) is 5.69 Å². The molecule has 0 aliphatic heterocycles. The first kappa shape index (κ1) is 7.08. The zero-order chi connectivity index (χ0) is 7.40. The summed E-state index contributed by atoms with van der Waals surface area (Å²) in [6.45, 7) is 0. The van der Waals surface area contributed by atoms with Crippen molar-refractivity contribution in [3.63, 3.8) is 0 Å². The van der Waals surface area contributed by atoms with E-state index in [1.54, 1.807) is 24.3 Å². The molecule has 0 aliphatic rings. The minimum absolute atomic E-state index is 0.380. The predicted octanol–water partition coefficient (Wildman–Crippen LogP) is 0.508. The molecule has 0 saturated carbocycles. The summed E-state index contributed by atoms with van der Waals surface area (Å²) in [4.78, 5) is 0. The van der Waals surface area contributed by atoms with E-state index in [-0.39, 0.29) is 11.9 Å². The lowest BCUT2D eigenvalue weighted by Crippen LogP contribution is -1.90. The number of rotatable bonds is 2. The van der Waals surface area contributed by atoms with Crippen molar-refractivity contribution in [1.29, 1.82) is 0 Å². The van der Waals surface area contributed by atoms with Crippen molar-refractivity contribution in [2.24, 2.45) is 0 Å². The van der Waals surface area contributed by atoms with Gasteiger partial charge in [-0.3, -0.25) is 0 Å². The number of hydrogen-bond donors (Lipinski definition) is 2. The first-order chi connectivity index (χ1) is 4.84. The SMILES string of the molecule is Nc1ccccc1O[SH]=O. The third kappa shape index (κ3) is 1.48. The van der Waals surface area contributed by atoms with Crippen molar-refractivity contribution in [1.82, 2.24) is 0 Å². The highest BCUT2D eigenvalue weighted by atomic mass is 32.2. The smallest absolute Gasteiger partial charge is 0.193 e. The molecule has 0 unspecified atom stereocenters. The van der Waals surface area contributed by atoms with Crippen LogP contribution in [-0.4, -0.2) is 4.21 Å². The van der Waals surface area contributed by atoms with Gasteiger partial charge in [-0.2, -0.15) is 0 Å². The Morgan fingerprint density at radius 1 is 1.40 bits per heavy atom. The van der Waals surface area contributed by atoms with Crippen molar-refractivity contribution in [2.45, 2.75) is 0 Å². The minimum atomic E-state index is -0.380. The zero-order valence-corrected chi connectivity index (χ0v) is 6.04. The van der Waals surface area contributed by atoms with E-state index in [1.165, 1.54) is 0 Å². The lowest BCUT2D eigenvalue weighted by Gasteiger charge is -1.98. The van der Waals surface area contributed by atoms with Crippen LogP contribution in [0.4, 0.5) is 5.69 Å². The molecule has 1 rings (SSSR count). The second-order valence-electron chi connectivity index (χ2n) is 1.70. The second kappa shape index (κ2) is 3.22. The largest absolute Gasteiger partial charge is 0.400 e. The summed E-state index contributed by atoms with van der Waals surface area (Å²) in [7, 11) is 0. The Morgan fingerprint density at radius 3 is 2.70 bits per heavy atom. The number of thiol groups is 1. The van der Waals surface area contributed by atoms with Gasteiger partial charge in [0.1, 0.15) is 0 Å². The number of nitrogen functional groups attached to an aromatic ring is 1. The number of para-hydroxylation sites is 2. The van der Waals surface area contributed by atoms with Crippen LogP contribution in [0.1, 0.15) is 0 Å². The summed E-state index contributed by atoms with van der Waals surface area (Å²) in [5.41, 5.74) is 5.93. The molecule has 1 aromatic carbocycles. The highest BCUT2D eigenvalue weighted by Crippen LogP contribution is 2.18. The number of nitrogens with two attached hydrogens (primary N) is 1. The fourth-order valence-electron chi connectivity index (χ4n) is 0.604. The molecule has 0 saturated heterocycles. The molecule has 3 nitrogen and oxygen atoms in total. The predicted molar refractivity (Wildman–Crippen MR) is 41.0 cm³/mol. The van der Waals surface area contributed by atoms with Crippen LogP contribution >= 0.6 is 0 Å². The van der Waals surface area contributed by atoms with E-state index in [1.807, 2.05) is 0 Å². The molecule has 10 heavy (non-hydrogen) atoms. The van der Waals surface area contributed by atoms with Gasteiger partial charge in [0, 0.05) is 0 Å². The van der Waals surface area contributed by atoms with E-state index in [2.05, 4.69) is 4.18 Å². The lowest BCUT2D eigenvalue weighted by atomic mass is 10.3. The monoisotopic (exact) mass is 157 g/mol. The molecule has 0 bridgehead atoms. The van der Waals surface area contributed by atoms with Gasteiger partial charge >= 0.3 is 0 Å². The van der Waals surface area contributed by atoms with Crippen LogP contribution in [0.25, 0.3) is 0 Å². The second-order valence-corrected chi connectivity index (χ2v) is 2.04. The maximum atomic E-state index is 9.95. The van der Waals surface area contributed by atoms with Gasteiger partial charge in [0.25, 0.3) is 0 Å². The Hall–Kier alpha value is -1.03. The van der Waals surface area contributed by atoms with E-state index < -0.39 is 0 Å². The molecule has 0 spiro atoms. The average Bonchev–Trinajstić information content (AvgIpc) is 1.94. The molecule has 0 fully saturated rings. The van der Waals surface area contributed by atoms with Gasteiger partial charge < -0.3 is 9.92 Å². The van der Waals surface area contributed by atoms with Crippen molar-refractivity contribution in [3.05, 3.63) is 24.3 Å². The van der Waals surface area contributed by atoms with Crippen LogP contribution in [0, 0.1) is 0 Å². The van der Waals surface area contributed by atoms with Crippen molar-refractivity contribution < 1.29 is 8.39 Å². The molecule has 0 aliphatic carbocycles. The highest BCUT2D eigenvalue weighted by molar-refractivity contribution is 7.60. The summed E-state index contributed by atoms with van der Waals surface area (Å²) in [6.07, 6.45) is 0. The van der Waals surface area contributed by atoms with Crippen LogP contribution in [0.2, 0.25) is 0 Å². The third-order valence-corrected chi connectivity index (χ3v) is 1.33. The van der Waals surface area contributed by atoms with E-state index in [9.17, 15) is 4.21 Å². The minimum Gasteiger partial charge on any atom is -0.400 e. The summed E-state index contributed by atoms with van der Waals surface area (Å²) in [6, 6.07) is 6.88. The topological polar surface area (TPSA) is 52.3 Å². The molecule has 0 atom stereocenters. The number of hydrogen-bond acceptors (Lipinski definition) is 3. The first-order valence-corrected chi connectivity index (χ1v) is 3.42. The fourth-order valence-corrected chi connectivity index (χ4v) is 0.850. The first-order valence-electron chi connectivity index (χ1n) is 2.69. The molecule has 4 heteroatoms. The van der Waals surface area contributed by atoms with Gasteiger partial charge in [0.2, 0.25) is 0 Å². The Balaban J connectivity index is 2.91. The van der Waals surface area contributed by atoms with Crippen molar-refractivity contribution in [3.8, 4) is 5.75 Å². The standard InChI is InChI=1S/C6H7NO2S/c7-5-3-1-2-4-6(5)9-10-8/h1-4,10H,7H2. The van der Waals surface area contributed by atoms with E-state index in [4.69, 9.17) is 5.73 Å². The molecule has 0 heterocycles. The van der Waals surface area contributed by atoms with E-state index in [0.29, 0.717) is 11.4 Å². The molecule has 2 N–H and O–H groups in total. The summed E-state index contributed by atoms with van der Waals surface area (Å²) in [5.74, 6) is 0.444. The third-order valence-electron chi connectivity index (χ3n) is 1.05. The number of benzene rings is 1. The highest BCUT2D eigenvalue weighted by Gasteiger charge is 1.94. The van der Waals surface area contributed by atoms with Gasteiger partial charge in [-0.15, -0.1) is 0 Å². The van der Waals surface area contributed by atoms with Crippen LogP contribution in [0.15, 0.2) is 24.3 Å². The molecular formula is C6H7NO2S. The van der Waals surface area contributed by atoms with E-state index in [0.717, 1.165) is 0 Å². The zero-order valence-electron chi connectivity index (χ0n) is 5.15. The van der Waals surface area contributed by atoms with Gasteiger partial charge in [-0.05, 0) is 12.1 Å². The maximum Gasteiger partial charge on any atom is 0.193 e. The van der Waals surface area contributed by atoms with Gasteiger partial charge in [-0.1, -0.05) is 12.1 Å². The quantitative estimate of drug-likeness (QED) is 0.485. The Labute approximate surface area is 62.5 Å². The Kier molecular flexibility index (Phi) is 2.28. The molecule has 0 amide bonds. The van der Waals surface area contributed by atoms with Gasteiger partial charge in [0.15, 0.2) is 17.7 Å². The van der Waals surface area contributed by atoms with Crippen molar-refractivity contribution >= 4 is 17.6 Å². The molecular weight excluding hydrogens is 150 g/mol. The van der Waals surface area contributed by atoms with E-state index >= 15 is 0 Å². The fraction of sp³-hybridized carbons (Fsp3) is 0. The van der Waals surface area contributed by atoms with Crippen LogP contribution < -0.4 is 9.92 Å². The summed E-state index contributed by atoms with van der Waals surface area (Å²) < 4.78 is 14.6. The lowest BCUT2D eigenvalue weighted by molar-refractivity contribution is 0.583.